The lowest BCUT2D eigenvalue weighted by Crippen LogP contribution is -2.08. The van der Waals surface area contributed by atoms with Gasteiger partial charge in [0, 0.05) is 3.57 Å². The van der Waals surface area contributed by atoms with Crippen LogP contribution in [0.15, 0.2) is 78.9 Å². The zero-order chi connectivity index (χ0) is 15.4. The fraction of sp³-hybridized carbons (Fsp3) is 0. The van der Waals surface area contributed by atoms with Crippen LogP contribution in [0.25, 0.3) is 11.1 Å². The van der Waals surface area contributed by atoms with Crippen molar-refractivity contribution in [2.24, 2.45) is 0 Å². The quantitative estimate of drug-likeness (QED) is 0.344. The van der Waals surface area contributed by atoms with E-state index in [0.29, 0.717) is 11.3 Å². The van der Waals surface area contributed by atoms with Crippen molar-refractivity contribution in [3.63, 3.8) is 0 Å². The maximum Gasteiger partial charge on any atom is 0.343 e. The summed E-state index contributed by atoms with van der Waals surface area (Å²) in [7, 11) is 0. The van der Waals surface area contributed by atoms with Crippen molar-refractivity contribution in [3.05, 3.63) is 88.0 Å². The molecule has 22 heavy (non-hydrogen) atoms. The Morgan fingerprint density at radius 2 is 1.45 bits per heavy atom. The molecule has 0 aromatic heterocycles. The van der Waals surface area contributed by atoms with Crippen LogP contribution in [0, 0.1) is 3.57 Å². The second-order valence-corrected chi connectivity index (χ2v) is 6.04. The van der Waals surface area contributed by atoms with Gasteiger partial charge < -0.3 is 4.74 Å². The zero-order valence-corrected chi connectivity index (χ0v) is 13.9. The molecule has 0 aliphatic rings. The highest BCUT2D eigenvalue weighted by molar-refractivity contribution is 14.1. The molecule has 0 amide bonds. The third-order valence-corrected chi connectivity index (χ3v) is 3.90. The first-order valence-electron chi connectivity index (χ1n) is 6.85. The number of benzene rings is 3. The Labute approximate surface area is 142 Å². The van der Waals surface area contributed by atoms with Crippen LogP contribution >= 0.6 is 22.6 Å². The van der Waals surface area contributed by atoms with Crippen LogP contribution in [0.5, 0.6) is 5.75 Å². The monoisotopic (exact) mass is 400 g/mol. The number of carbonyl (C=O) groups excluding carboxylic acids is 1. The smallest absolute Gasteiger partial charge is 0.343 e. The Morgan fingerprint density at radius 3 is 2.14 bits per heavy atom. The largest absolute Gasteiger partial charge is 0.423 e. The maximum absolute atomic E-state index is 12.1. The van der Waals surface area contributed by atoms with Crippen molar-refractivity contribution in [2.75, 3.05) is 0 Å². The first kappa shape index (κ1) is 14.8. The normalized spacial score (nSPS) is 10.2. The molecule has 0 atom stereocenters. The molecule has 0 bridgehead atoms. The van der Waals surface area contributed by atoms with E-state index in [-0.39, 0.29) is 5.97 Å². The number of esters is 1. The summed E-state index contributed by atoms with van der Waals surface area (Å²) in [5.74, 6) is 0.203. The highest BCUT2D eigenvalue weighted by atomic mass is 127. The van der Waals surface area contributed by atoms with E-state index in [1.54, 1.807) is 12.1 Å². The van der Waals surface area contributed by atoms with Crippen molar-refractivity contribution in [2.45, 2.75) is 0 Å². The highest BCUT2D eigenvalue weighted by Gasteiger charge is 2.09. The van der Waals surface area contributed by atoms with E-state index >= 15 is 0 Å². The van der Waals surface area contributed by atoms with Crippen LogP contribution in [-0.4, -0.2) is 5.97 Å². The minimum Gasteiger partial charge on any atom is -0.423 e. The van der Waals surface area contributed by atoms with Gasteiger partial charge in [0.2, 0.25) is 0 Å². The molecule has 3 aromatic carbocycles. The van der Waals surface area contributed by atoms with Gasteiger partial charge in [-0.2, -0.15) is 0 Å². The standard InChI is InChI=1S/C19H13IO2/c20-17-8-4-7-16(13-17)19(21)22-18-11-9-15(10-12-18)14-5-2-1-3-6-14/h1-13H. The molecule has 0 unspecified atom stereocenters. The predicted molar refractivity (Wildman–Crippen MR) is 96.0 cm³/mol. The summed E-state index contributed by atoms with van der Waals surface area (Å²) in [6, 6.07) is 25.0. The Hall–Kier alpha value is -2.14. The van der Waals surface area contributed by atoms with Crippen LogP contribution in [0.2, 0.25) is 0 Å². The first-order valence-corrected chi connectivity index (χ1v) is 7.93. The lowest BCUT2D eigenvalue weighted by Gasteiger charge is -2.06. The van der Waals surface area contributed by atoms with Crippen LogP contribution in [0.4, 0.5) is 0 Å². The molecule has 0 N–H and O–H groups in total. The van der Waals surface area contributed by atoms with Gasteiger partial charge in [0.15, 0.2) is 0 Å². The summed E-state index contributed by atoms with van der Waals surface area (Å²) in [4.78, 5) is 12.1. The lowest BCUT2D eigenvalue weighted by atomic mass is 10.1. The topological polar surface area (TPSA) is 26.3 Å². The summed E-state index contributed by atoms with van der Waals surface area (Å²) in [5.41, 5.74) is 2.78. The van der Waals surface area contributed by atoms with Gasteiger partial charge in [0.25, 0.3) is 0 Å². The van der Waals surface area contributed by atoms with Gasteiger partial charge in [-0.15, -0.1) is 0 Å². The molecule has 0 heterocycles. The SMILES string of the molecule is O=C(Oc1ccc(-c2ccccc2)cc1)c1cccc(I)c1. The summed E-state index contributed by atoms with van der Waals surface area (Å²) >= 11 is 2.17. The van der Waals surface area contributed by atoms with E-state index < -0.39 is 0 Å². The molecule has 0 aliphatic heterocycles. The minimum absolute atomic E-state index is 0.342. The predicted octanol–water partition coefficient (Wildman–Crippen LogP) is 5.18. The summed E-state index contributed by atoms with van der Waals surface area (Å²) in [6.07, 6.45) is 0. The van der Waals surface area contributed by atoms with Crippen LogP contribution < -0.4 is 4.74 Å². The molecule has 0 saturated heterocycles. The van der Waals surface area contributed by atoms with E-state index in [1.165, 1.54) is 0 Å². The van der Waals surface area contributed by atoms with Crippen LogP contribution in [-0.2, 0) is 0 Å². The molecule has 3 aromatic rings. The van der Waals surface area contributed by atoms with Gasteiger partial charge in [-0.1, -0.05) is 48.5 Å². The van der Waals surface area contributed by atoms with Gasteiger partial charge >= 0.3 is 5.97 Å². The molecule has 0 fully saturated rings. The number of hydrogen-bond acceptors (Lipinski definition) is 2. The number of carbonyl (C=O) groups is 1. The van der Waals surface area contributed by atoms with Crippen molar-refractivity contribution in [1.29, 1.82) is 0 Å². The van der Waals surface area contributed by atoms with Crippen molar-refractivity contribution in [1.82, 2.24) is 0 Å². The molecule has 0 radical (unpaired) electrons. The van der Waals surface area contributed by atoms with Gasteiger partial charge in [0.1, 0.15) is 5.75 Å². The second-order valence-electron chi connectivity index (χ2n) is 4.79. The fourth-order valence-electron chi connectivity index (χ4n) is 2.13. The van der Waals surface area contributed by atoms with E-state index in [0.717, 1.165) is 14.7 Å². The Balaban J connectivity index is 1.75. The average molecular weight is 400 g/mol. The lowest BCUT2D eigenvalue weighted by molar-refractivity contribution is 0.0734. The maximum atomic E-state index is 12.1. The van der Waals surface area contributed by atoms with E-state index in [1.807, 2.05) is 66.7 Å². The summed E-state index contributed by atoms with van der Waals surface area (Å²) in [6.45, 7) is 0. The van der Waals surface area contributed by atoms with E-state index in [9.17, 15) is 4.79 Å². The van der Waals surface area contributed by atoms with Crippen LogP contribution in [0.3, 0.4) is 0 Å². The number of hydrogen-bond donors (Lipinski definition) is 0. The summed E-state index contributed by atoms with van der Waals surface area (Å²) < 4.78 is 6.41. The zero-order valence-electron chi connectivity index (χ0n) is 11.7. The van der Waals surface area contributed by atoms with Gasteiger partial charge in [-0.25, -0.2) is 4.79 Å². The Kier molecular flexibility index (Phi) is 4.53. The molecule has 3 heteroatoms. The highest BCUT2D eigenvalue weighted by Crippen LogP contribution is 2.22. The number of halogens is 1. The average Bonchev–Trinajstić information content (AvgIpc) is 2.56. The minimum atomic E-state index is -0.342. The Bertz CT molecular complexity index is 780. The van der Waals surface area contributed by atoms with Crippen molar-refractivity contribution < 1.29 is 9.53 Å². The molecular weight excluding hydrogens is 387 g/mol. The van der Waals surface area contributed by atoms with Gasteiger partial charge in [0.05, 0.1) is 5.56 Å². The van der Waals surface area contributed by atoms with Gasteiger partial charge in [-0.3, -0.25) is 0 Å². The molecule has 0 aliphatic carbocycles. The molecule has 108 valence electrons. The first-order chi connectivity index (χ1) is 10.7. The molecule has 0 spiro atoms. The van der Waals surface area contributed by atoms with E-state index in [4.69, 9.17) is 4.74 Å². The van der Waals surface area contributed by atoms with Crippen molar-refractivity contribution >= 4 is 28.6 Å². The summed E-state index contributed by atoms with van der Waals surface area (Å²) in [5, 5.41) is 0. The third-order valence-electron chi connectivity index (χ3n) is 3.23. The molecule has 2 nitrogen and oxygen atoms in total. The van der Waals surface area contributed by atoms with Crippen molar-refractivity contribution in [3.8, 4) is 16.9 Å². The molecule has 0 saturated carbocycles. The second kappa shape index (κ2) is 6.75. The van der Waals surface area contributed by atoms with Crippen LogP contribution in [0.1, 0.15) is 10.4 Å². The number of rotatable bonds is 3. The molecule has 3 rings (SSSR count). The molecular formula is C19H13IO2. The van der Waals surface area contributed by atoms with Gasteiger partial charge in [-0.05, 0) is 64.0 Å². The third kappa shape index (κ3) is 3.54. The number of ether oxygens (including phenoxy) is 1. The Morgan fingerprint density at radius 1 is 0.773 bits per heavy atom. The fourth-order valence-corrected chi connectivity index (χ4v) is 2.67. The van der Waals surface area contributed by atoms with E-state index in [2.05, 4.69) is 22.6 Å².